The maximum Gasteiger partial charge on any atom is 0.191 e. The van der Waals surface area contributed by atoms with Crippen LogP contribution in [0, 0.1) is 6.92 Å². The zero-order valence-corrected chi connectivity index (χ0v) is 17.9. The lowest BCUT2D eigenvalue weighted by Gasteiger charge is -2.25. The fraction of sp³-hybridized carbons (Fsp3) is 0.500. The first kappa shape index (κ1) is 20.5. The van der Waals surface area contributed by atoms with Crippen molar-refractivity contribution in [2.45, 2.75) is 38.8 Å². The van der Waals surface area contributed by atoms with Crippen LogP contribution in [0.3, 0.4) is 0 Å². The van der Waals surface area contributed by atoms with Crippen LogP contribution in [0.15, 0.2) is 29.5 Å². The number of guanidine groups is 1. The van der Waals surface area contributed by atoms with Crippen molar-refractivity contribution in [3.8, 4) is 5.75 Å². The van der Waals surface area contributed by atoms with E-state index in [4.69, 9.17) is 4.74 Å². The number of aryl methyl sites for hydroxylation is 2. The number of fused-ring (bicyclic) bond motifs is 1. The standard InChI is InChI=1S/C18H26N6O.HI/c1-13-4-5-14(10-16(13)25-3)8-9-20-18(19-2)23-15-6-7-17-21-12-22-24(17)11-15;/h4-5,10,12,15H,6-9,11H2,1-3H3,(H2,19,20,23);1H. The zero-order chi connectivity index (χ0) is 17.6. The third-order valence-electron chi connectivity index (χ3n) is 4.55. The molecule has 2 aromatic rings. The molecule has 0 saturated heterocycles. The summed E-state index contributed by atoms with van der Waals surface area (Å²) in [6.07, 6.45) is 4.52. The summed E-state index contributed by atoms with van der Waals surface area (Å²) < 4.78 is 7.35. The van der Waals surface area contributed by atoms with Gasteiger partial charge >= 0.3 is 0 Å². The molecular formula is C18H27IN6O. The lowest BCUT2D eigenvalue weighted by atomic mass is 10.1. The van der Waals surface area contributed by atoms with Crippen LogP contribution in [0.25, 0.3) is 0 Å². The third kappa shape index (κ3) is 5.09. The second kappa shape index (κ2) is 9.75. The first-order valence-electron chi connectivity index (χ1n) is 8.67. The molecule has 2 heterocycles. The molecule has 0 bridgehead atoms. The summed E-state index contributed by atoms with van der Waals surface area (Å²) in [5.74, 6) is 2.83. The van der Waals surface area contributed by atoms with E-state index in [1.165, 1.54) is 5.56 Å². The number of nitrogens with zero attached hydrogens (tertiary/aromatic N) is 4. The Balaban J connectivity index is 0.00000243. The smallest absolute Gasteiger partial charge is 0.191 e. The number of nitrogens with one attached hydrogen (secondary N) is 2. The molecule has 7 nitrogen and oxygen atoms in total. The van der Waals surface area contributed by atoms with Crippen molar-refractivity contribution in [3.05, 3.63) is 41.5 Å². The molecule has 8 heteroatoms. The summed E-state index contributed by atoms with van der Waals surface area (Å²) in [7, 11) is 3.51. The highest BCUT2D eigenvalue weighted by Gasteiger charge is 2.20. The van der Waals surface area contributed by atoms with Gasteiger partial charge in [-0.15, -0.1) is 24.0 Å². The van der Waals surface area contributed by atoms with Gasteiger partial charge in [-0.05, 0) is 37.0 Å². The van der Waals surface area contributed by atoms with Crippen LogP contribution in [-0.4, -0.2) is 47.5 Å². The van der Waals surface area contributed by atoms with Crippen molar-refractivity contribution in [1.29, 1.82) is 0 Å². The Morgan fingerprint density at radius 1 is 1.42 bits per heavy atom. The molecule has 26 heavy (non-hydrogen) atoms. The predicted molar refractivity (Wildman–Crippen MR) is 113 cm³/mol. The SMILES string of the molecule is CN=C(NCCc1ccc(C)c(OC)c1)NC1CCc2ncnn2C1.I. The molecule has 0 aliphatic carbocycles. The average molecular weight is 470 g/mol. The minimum atomic E-state index is 0. The van der Waals surface area contributed by atoms with Crippen LogP contribution in [0.1, 0.15) is 23.4 Å². The quantitative estimate of drug-likeness (QED) is 0.397. The Morgan fingerprint density at radius 3 is 3.04 bits per heavy atom. The number of ether oxygens (including phenoxy) is 1. The Bertz CT molecular complexity index is 745. The molecular weight excluding hydrogens is 443 g/mol. The molecule has 1 aliphatic rings. The minimum absolute atomic E-state index is 0. The highest BCUT2D eigenvalue weighted by atomic mass is 127. The van der Waals surface area contributed by atoms with Crippen molar-refractivity contribution in [2.75, 3.05) is 20.7 Å². The fourth-order valence-electron chi connectivity index (χ4n) is 3.09. The normalized spacial score (nSPS) is 16.4. The van der Waals surface area contributed by atoms with Crippen LogP contribution in [0.2, 0.25) is 0 Å². The lowest BCUT2D eigenvalue weighted by molar-refractivity contribution is 0.393. The van der Waals surface area contributed by atoms with E-state index in [1.807, 2.05) is 4.68 Å². The van der Waals surface area contributed by atoms with Gasteiger partial charge in [-0.1, -0.05) is 12.1 Å². The average Bonchev–Trinajstić information content (AvgIpc) is 3.10. The van der Waals surface area contributed by atoms with Gasteiger partial charge in [0.25, 0.3) is 0 Å². The van der Waals surface area contributed by atoms with E-state index < -0.39 is 0 Å². The van der Waals surface area contributed by atoms with E-state index in [2.05, 4.69) is 50.8 Å². The van der Waals surface area contributed by atoms with E-state index >= 15 is 0 Å². The van der Waals surface area contributed by atoms with E-state index in [1.54, 1.807) is 20.5 Å². The van der Waals surface area contributed by atoms with Crippen LogP contribution in [-0.2, 0) is 19.4 Å². The van der Waals surface area contributed by atoms with E-state index in [0.717, 1.165) is 55.4 Å². The molecule has 0 fully saturated rings. The van der Waals surface area contributed by atoms with Gasteiger partial charge in [0.15, 0.2) is 5.96 Å². The number of aliphatic imine (C=N–C) groups is 1. The molecule has 1 aromatic carbocycles. The molecule has 1 aromatic heterocycles. The van der Waals surface area contributed by atoms with Crippen LogP contribution >= 0.6 is 24.0 Å². The third-order valence-corrected chi connectivity index (χ3v) is 4.55. The van der Waals surface area contributed by atoms with Gasteiger partial charge in [-0.2, -0.15) is 5.10 Å². The maximum absolute atomic E-state index is 5.39. The van der Waals surface area contributed by atoms with Crippen molar-refractivity contribution < 1.29 is 4.74 Å². The zero-order valence-electron chi connectivity index (χ0n) is 15.5. The molecule has 0 saturated carbocycles. The van der Waals surface area contributed by atoms with Gasteiger partial charge < -0.3 is 15.4 Å². The molecule has 1 aliphatic heterocycles. The number of benzene rings is 1. The number of methoxy groups -OCH3 is 1. The predicted octanol–water partition coefficient (Wildman–Crippen LogP) is 1.94. The van der Waals surface area contributed by atoms with Crippen molar-refractivity contribution in [2.24, 2.45) is 4.99 Å². The summed E-state index contributed by atoms with van der Waals surface area (Å²) in [4.78, 5) is 8.59. The van der Waals surface area contributed by atoms with Gasteiger partial charge in [0, 0.05) is 26.1 Å². The Hall–Kier alpha value is -1.84. The Kier molecular flexibility index (Phi) is 7.67. The van der Waals surface area contributed by atoms with Crippen LogP contribution in [0.5, 0.6) is 5.75 Å². The Morgan fingerprint density at radius 2 is 2.27 bits per heavy atom. The Labute approximate surface area is 171 Å². The van der Waals surface area contributed by atoms with Gasteiger partial charge in [-0.3, -0.25) is 4.99 Å². The fourth-order valence-corrected chi connectivity index (χ4v) is 3.09. The summed E-state index contributed by atoms with van der Waals surface area (Å²) in [5.41, 5.74) is 2.40. The molecule has 0 spiro atoms. The summed E-state index contributed by atoms with van der Waals surface area (Å²) in [6.45, 7) is 3.69. The van der Waals surface area contributed by atoms with E-state index in [9.17, 15) is 0 Å². The largest absolute Gasteiger partial charge is 0.496 e. The second-order valence-electron chi connectivity index (χ2n) is 6.29. The topological polar surface area (TPSA) is 76.4 Å². The van der Waals surface area contributed by atoms with Crippen molar-refractivity contribution in [1.82, 2.24) is 25.4 Å². The first-order chi connectivity index (χ1) is 12.2. The van der Waals surface area contributed by atoms with Crippen molar-refractivity contribution in [3.63, 3.8) is 0 Å². The summed E-state index contributed by atoms with van der Waals surface area (Å²) >= 11 is 0. The van der Waals surface area contributed by atoms with Crippen molar-refractivity contribution >= 4 is 29.9 Å². The minimum Gasteiger partial charge on any atom is -0.496 e. The van der Waals surface area contributed by atoms with Gasteiger partial charge in [-0.25, -0.2) is 9.67 Å². The molecule has 0 radical (unpaired) electrons. The van der Waals surface area contributed by atoms with E-state index in [0.29, 0.717) is 6.04 Å². The first-order valence-corrected chi connectivity index (χ1v) is 8.67. The molecule has 1 atom stereocenters. The maximum atomic E-state index is 5.39. The van der Waals surface area contributed by atoms with E-state index in [-0.39, 0.29) is 24.0 Å². The highest BCUT2D eigenvalue weighted by molar-refractivity contribution is 14.0. The van der Waals surface area contributed by atoms with Crippen LogP contribution in [0.4, 0.5) is 0 Å². The number of rotatable bonds is 5. The lowest BCUT2D eigenvalue weighted by Crippen LogP contribution is -2.47. The van der Waals surface area contributed by atoms with Crippen LogP contribution < -0.4 is 15.4 Å². The summed E-state index contributed by atoms with van der Waals surface area (Å²) in [5, 5.41) is 11.1. The molecule has 142 valence electrons. The monoisotopic (exact) mass is 470 g/mol. The van der Waals surface area contributed by atoms with Gasteiger partial charge in [0.2, 0.25) is 0 Å². The van der Waals surface area contributed by atoms with Gasteiger partial charge in [0.1, 0.15) is 17.9 Å². The number of aromatic nitrogens is 3. The number of halogens is 1. The molecule has 3 rings (SSSR count). The highest BCUT2D eigenvalue weighted by Crippen LogP contribution is 2.19. The molecule has 1 unspecified atom stereocenters. The number of hydrogen-bond acceptors (Lipinski definition) is 4. The van der Waals surface area contributed by atoms with Gasteiger partial charge in [0.05, 0.1) is 13.7 Å². The summed E-state index contributed by atoms with van der Waals surface area (Å²) in [6, 6.07) is 6.66. The second-order valence-corrected chi connectivity index (χ2v) is 6.29. The molecule has 2 N–H and O–H groups in total. The molecule has 0 amide bonds. The number of hydrogen-bond donors (Lipinski definition) is 2.